The lowest BCUT2D eigenvalue weighted by atomic mass is 10.1. The van der Waals surface area contributed by atoms with E-state index in [1.165, 1.54) is 0 Å². The fraction of sp³-hybridized carbons (Fsp3) is 0.185. The number of carbonyl (C=O) groups is 2. The van der Waals surface area contributed by atoms with Gasteiger partial charge in [0.05, 0.1) is 12.1 Å². The van der Waals surface area contributed by atoms with Crippen molar-refractivity contribution in [1.29, 1.82) is 0 Å². The van der Waals surface area contributed by atoms with Crippen molar-refractivity contribution >= 4 is 34.2 Å². The number of nitrogens with two attached hydrogens (primary N) is 1. The first kappa shape index (κ1) is 22.5. The first-order chi connectivity index (χ1) is 17.1. The van der Waals surface area contributed by atoms with Crippen LogP contribution >= 0.6 is 0 Å². The number of aromatic nitrogens is 2. The summed E-state index contributed by atoms with van der Waals surface area (Å²) in [6.45, 7) is 3.29. The number of nitrogen functional groups attached to an aromatic ring is 1. The fourth-order valence-electron chi connectivity index (χ4n) is 4.20. The van der Waals surface area contributed by atoms with Gasteiger partial charge in [-0.15, -0.1) is 0 Å². The topological polar surface area (TPSA) is 104 Å². The van der Waals surface area contributed by atoms with Crippen LogP contribution in [0.2, 0.25) is 0 Å². The Balaban J connectivity index is 1.16. The smallest absolute Gasteiger partial charge is 0.255 e. The molecule has 2 amide bonds. The highest BCUT2D eigenvalue weighted by Gasteiger charge is 2.23. The Morgan fingerprint density at radius 2 is 1.49 bits per heavy atom. The lowest BCUT2D eigenvalue weighted by molar-refractivity contribution is 0.0625. The minimum Gasteiger partial charge on any atom is -0.383 e. The summed E-state index contributed by atoms with van der Waals surface area (Å²) in [6.07, 6.45) is 0. The Morgan fingerprint density at radius 1 is 0.800 bits per heavy atom. The van der Waals surface area contributed by atoms with Crippen LogP contribution in [0.15, 0.2) is 78.9 Å². The molecule has 1 saturated heterocycles. The number of rotatable bonds is 5. The number of hydrogen-bond acceptors (Lipinski definition) is 6. The average molecular weight is 467 g/mol. The summed E-state index contributed by atoms with van der Waals surface area (Å²) in [5, 5.41) is 3.72. The summed E-state index contributed by atoms with van der Waals surface area (Å²) >= 11 is 0. The Bertz CT molecular complexity index is 1350. The normalized spacial score (nSPS) is 14.1. The zero-order chi connectivity index (χ0) is 24.2. The molecule has 1 fully saturated rings. The van der Waals surface area contributed by atoms with Crippen molar-refractivity contribution in [3.63, 3.8) is 0 Å². The van der Waals surface area contributed by atoms with Gasteiger partial charge in [0.25, 0.3) is 11.8 Å². The van der Waals surface area contributed by atoms with E-state index in [9.17, 15) is 9.59 Å². The molecule has 0 bridgehead atoms. The van der Waals surface area contributed by atoms with Crippen LogP contribution in [-0.2, 0) is 6.54 Å². The van der Waals surface area contributed by atoms with Crippen LogP contribution in [-0.4, -0.2) is 57.8 Å². The largest absolute Gasteiger partial charge is 0.383 e. The van der Waals surface area contributed by atoms with Gasteiger partial charge in [0.2, 0.25) is 0 Å². The van der Waals surface area contributed by atoms with Gasteiger partial charge in [0.15, 0.2) is 0 Å². The third kappa shape index (κ3) is 5.12. The van der Waals surface area contributed by atoms with E-state index in [0.29, 0.717) is 48.1 Å². The van der Waals surface area contributed by atoms with Gasteiger partial charge in [-0.05, 0) is 48.5 Å². The third-order valence-corrected chi connectivity index (χ3v) is 6.13. The molecule has 1 aliphatic rings. The molecule has 176 valence electrons. The maximum Gasteiger partial charge on any atom is 0.255 e. The predicted octanol–water partition coefficient (Wildman–Crippen LogP) is 3.42. The Hall–Kier alpha value is -4.30. The SMILES string of the molecule is Nc1nc(CN2CCN(C(=O)c3ccc(NC(=O)c4ccccc4)cc3)CC2)nc2ccccc12. The molecule has 3 aromatic carbocycles. The maximum absolute atomic E-state index is 13.0. The number of hydrogen-bond donors (Lipinski definition) is 2. The molecule has 0 atom stereocenters. The number of nitrogens with one attached hydrogen (secondary N) is 1. The molecule has 8 nitrogen and oxygen atoms in total. The summed E-state index contributed by atoms with van der Waals surface area (Å²) in [4.78, 5) is 38.5. The van der Waals surface area contributed by atoms with Crippen molar-refractivity contribution in [2.45, 2.75) is 6.54 Å². The number of carbonyl (C=O) groups excluding carboxylic acids is 2. The number of anilines is 2. The van der Waals surface area contributed by atoms with Crippen LogP contribution < -0.4 is 11.1 Å². The minimum absolute atomic E-state index is 0.0169. The Morgan fingerprint density at radius 3 is 2.23 bits per heavy atom. The number of para-hydroxylation sites is 1. The van der Waals surface area contributed by atoms with Gasteiger partial charge in [0, 0.05) is 48.4 Å². The molecule has 8 heteroatoms. The number of nitrogens with zero attached hydrogens (tertiary/aromatic N) is 4. The molecule has 3 N–H and O–H groups in total. The van der Waals surface area contributed by atoms with E-state index in [4.69, 9.17) is 5.73 Å². The molecular formula is C27H26N6O2. The molecule has 1 aliphatic heterocycles. The second kappa shape index (κ2) is 9.90. The van der Waals surface area contributed by atoms with Crippen LogP contribution in [0.1, 0.15) is 26.5 Å². The van der Waals surface area contributed by atoms with Crippen LogP contribution in [0, 0.1) is 0 Å². The highest BCUT2D eigenvalue weighted by atomic mass is 16.2. The molecule has 0 aliphatic carbocycles. The van der Waals surface area contributed by atoms with E-state index in [2.05, 4.69) is 20.2 Å². The predicted molar refractivity (Wildman–Crippen MR) is 136 cm³/mol. The second-order valence-electron chi connectivity index (χ2n) is 8.51. The van der Waals surface area contributed by atoms with Crippen LogP contribution in [0.4, 0.5) is 11.5 Å². The standard InChI is InChI=1S/C27H26N6O2/c28-25-22-8-4-5-9-23(22)30-24(31-25)18-32-14-16-33(17-15-32)27(35)20-10-12-21(13-11-20)29-26(34)19-6-2-1-3-7-19/h1-13H,14-18H2,(H,29,34)(H2,28,30,31). The molecule has 0 spiro atoms. The summed E-state index contributed by atoms with van der Waals surface area (Å²) in [7, 11) is 0. The molecule has 2 heterocycles. The number of piperazine rings is 1. The number of fused-ring (bicyclic) bond motifs is 1. The van der Waals surface area contributed by atoms with Gasteiger partial charge >= 0.3 is 0 Å². The van der Waals surface area contributed by atoms with Gasteiger partial charge in [0.1, 0.15) is 11.6 Å². The lowest BCUT2D eigenvalue weighted by Gasteiger charge is -2.34. The highest BCUT2D eigenvalue weighted by Crippen LogP contribution is 2.19. The lowest BCUT2D eigenvalue weighted by Crippen LogP contribution is -2.48. The molecule has 0 radical (unpaired) electrons. The molecule has 35 heavy (non-hydrogen) atoms. The summed E-state index contributed by atoms with van der Waals surface area (Å²) in [5.41, 5.74) is 8.78. The second-order valence-corrected chi connectivity index (χ2v) is 8.51. The van der Waals surface area contributed by atoms with Crippen molar-refractivity contribution in [3.8, 4) is 0 Å². The maximum atomic E-state index is 13.0. The molecule has 5 rings (SSSR count). The monoisotopic (exact) mass is 466 g/mol. The van der Waals surface area contributed by atoms with Crippen molar-refractivity contribution in [2.24, 2.45) is 0 Å². The van der Waals surface area contributed by atoms with Crippen molar-refractivity contribution in [2.75, 3.05) is 37.2 Å². The van der Waals surface area contributed by atoms with Gasteiger partial charge in [-0.1, -0.05) is 30.3 Å². The Labute approximate surface area is 203 Å². The van der Waals surface area contributed by atoms with E-state index < -0.39 is 0 Å². The van der Waals surface area contributed by atoms with E-state index in [1.807, 2.05) is 47.4 Å². The zero-order valence-corrected chi connectivity index (χ0v) is 19.2. The first-order valence-electron chi connectivity index (χ1n) is 11.6. The first-order valence-corrected chi connectivity index (χ1v) is 11.6. The van der Waals surface area contributed by atoms with Crippen LogP contribution in [0.3, 0.4) is 0 Å². The quantitative estimate of drug-likeness (QED) is 0.467. The van der Waals surface area contributed by atoms with Gasteiger partial charge < -0.3 is 16.0 Å². The van der Waals surface area contributed by atoms with Crippen LogP contribution in [0.5, 0.6) is 0 Å². The van der Waals surface area contributed by atoms with Crippen molar-refractivity contribution < 1.29 is 9.59 Å². The van der Waals surface area contributed by atoms with E-state index in [1.54, 1.807) is 36.4 Å². The van der Waals surface area contributed by atoms with Gasteiger partial charge in [-0.2, -0.15) is 0 Å². The molecule has 0 unspecified atom stereocenters. The Kier molecular flexibility index (Phi) is 6.36. The van der Waals surface area contributed by atoms with Gasteiger partial charge in [-0.25, -0.2) is 9.97 Å². The summed E-state index contributed by atoms with van der Waals surface area (Å²) in [6, 6.07) is 23.8. The van der Waals surface area contributed by atoms with Crippen molar-refractivity contribution in [1.82, 2.24) is 19.8 Å². The summed E-state index contributed by atoms with van der Waals surface area (Å²) in [5.74, 6) is 0.978. The summed E-state index contributed by atoms with van der Waals surface area (Å²) < 4.78 is 0. The van der Waals surface area contributed by atoms with Crippen molar-refractivity contribution in [3.05, 3.63) is 95.8 Å². The number of amides is 2. The number of benzene rings is 3. The average Bonchev–Trinajstić information content (AvgIpc) is 2.90. The van der Waals surface area contributed by atoms with E-state index >= 15 is 0 Å². The van der Waals surface area contributed by atoms with Gasteiger partial charge in [-0.3, -0.25) is 14.5 Å². The third-order valence-electron chi connectivity index (χ3n) is 6.13. The zero-order valence-electron chi connectivity index (χ0n) is 19.2. The molecule has 0 saturated carbocycles. The van der Waals surface area contributed by atoms with Crippen LogP contribution in [0.25, 0.3) is 10.9 Å². The van der Waals surface area contributed by atoms with E-state index in [-0.39, 0.29) is 11.8 Å². The molecule has 4 aromatic rings. The van der Waals surface area contributed by atoms with E-state index in [0.717, 1.165) is 24.0 Å². The molecule has 1 aromatic heterocycles. The minimum atomic E-state index is -0.182. The molecular weight excluding hydrogens is 440 g/mol. The highest BCUT2D eigenvalue weighted by molar-refractivity contribution is 6.04. The fourth-order valence-corrected chi connectivity index (χ4v) is 4.20.